The van der Waals surface area contributed by atoms with E-state index in [0.717, 1.165) is 0 Å². The number of alkyl halides is 16. The van der Waals surface area contributed by atoms with Crippen LogP contribution in [-0.2, 0) is 9.53 Å². The third-order valence-corrected chi connectivity index (χ3v) is 3.60. The first-order valence-corrected chi connectivity index (χ1v) is 6.99. The van der Waals surface area contributed by atoms with Crippen LogP contribution in [0.3, 0.4) is 0 Å². The average Bonchev–Trinajstić information content (AvgIpc) is 2.51. The Kier molecular flexibility index (Phi) is 6.86. The van der Waals surface area contributed by atoms with Gasteiger partial charge in [0, 0.05) is 13.8 Å². The van der Waals surface area contributed by atoms with E-state index in [1.807, 2.05) is 0 Å². The smallest absolute Gasteiger partial charge is 0.449 e. The van der Waals surface area contributed by atoms with Crippen LogP contribution < -0.4 is 0 Å². The molecule has 0 saturated heterocycles. The highest BCUT2D eigenvalue weighted by Crippen LogP contribution is 2.63. The molecular weight excluding hydrogens is 492 g/mol. The lowest BCUT2D eigenvalue weighted by Gasteiger charge is -2.43. The zero-order chi connectivity index (χ0) is 25.9. The summed E-state index contributed by atoms with van der Waals surface area (Å²) in [6.45, 7) is 1.84. The molecule has 0 spiro atoms. The fraction of sp³-hybridized carbons (Fsp3) is 0.769. The van der Waals surface area contributed by atoms with Gasteiger partial charge in [0.1, 0.15) is 0 Å². The molecule has 0 aliphatic rings. The highest BCUT2D eigenvalue weighted by molar-refractivity contribution is 5.90. The minimum absolute atomic E-state index is 0.358. The molecule has 0 radical (unpaired) electrons. The maximum atomic E-state index is 13.9. The van der Waals surface area contributed by atoms with Crippen molar-refractivity contribution in [1.82, 2.24) is 0 Å². The Morgan fingerprint density at radius 2 is 0.839 bits per heavy atom. The van der Waals surface area contributed by atoms with Crippen LogP contribution in [0.2, 0.25) is 0 Å². The molecule has 0 rings (SSSR count). The van der Waals surface area contributed by atoms with E-state index in [2.05, 4.69) is 11.3 Å². The van der Waals surface area contributed by atoms with Crippen molar-refractivity contribution in [1.29, 1.82) is 0 Å². The molecule has 184 valence electrons. The molecule has 0 aromatic rings. The van der Waals surface area contributed by atoms with Gasteiger partial charge in [-0.2, -0.15) is 70.2 Å². The van der Waals surface area contributed by atoms with Crippen LogP contribution in [-0.4, -0.2) is 53.3 Å². The monoisotopic (exact) mass is 500 g/mol. The van der Waals surface area contributed by atoms with Gasteiger partial charge in [-0.15, -0.1) is 0 Å². The summed E-state index contributed by atoms with van der Waals surface area (Å²) in [7, 11) is 0. The summed E-state index contributed by atoms with van der Waals surface area (Å²) in [6, 6.07) is 0. The molecule has 0 fully saturated rings. The van der Waals surface area contributed by atoms with Gasteiger partial charge in [0.05, 0.1) is 0 Å². The van der Waals surface area contributed by atoms with Crippen LogP contribution in [0.25, 0.3) is 0 Å². The number of Topliss-reactive ketones (excluding diaryl/α,β-unsaturated/α-hetero) is 1. The molecule has 0 unspecified atom stereocenters. The van der Waals surface area contributed by atoms with Crippen LogP contribution in [0.15, 0.2) is 12.3 Å². The Balaban J connectivity index is 6.69. The van der Waals surface area contributed by atoms with Crippen molar-refractivity contribution in [3.63, 3.8) is 0 Å². The number of hydrogen-bond donors (Lipinski definition) is 0. The van der Waals surface area contributed by atoms with Crippen molar-refractivity contribution in [2.24, 2.45) is 0 Å². The molecular formula is C13H8F16O2. The van der Waals surface area contributed by atoms with Crippen LogP contribution in [0, 0.1) is 0 Å². The summed E-state index contributed by atoms with van der Waals surface area (Å²) in [5.74, 6) is -58.1. The summed E-state index contributed by atoms with van der Waals surface area (Å²) in [5.41, 5.74) is 0. The maximum absolute atomic E-state index is 13.9. The first kappa shape index (κ1) is 29.1. The largest absolute Gasteiger partial charge is 0.460 e. The van der Waals surface area contributed by atoms with E-state index >= 15 is 0 Å². The van der Waals surface area contributed by atoms with Crippen molar-refractivity contribution in [2.75, 3.05) is 0 Å². The van der Waals surface area contributed by atoms with Crippen molar-refractivity contribution in [2.45, 2.75) is 61.4 Å². The Morgan fingerprint density at radius 3 is 1.10 bits per heavy atom. The number of hydrogen-bond acceptors (Lipinski definition) is 2. The van der Waals surface area contributed by atoms with Gasteiger partial charge in [-0.1, -0.05) is 6.58 Å². The molecule has 31 heavy (non-hydrogen) atoms. The van der Waals surface area contributed by atoms with Crippen molar-refractivity contribution in [3.8, 4) is 0 Å². The molecule has 0 N–H and O–H groups in total. The Bertz CT molecular complexity index is 718. The molecule has 0 heterocycles. The SMILES string of the molecule is C=C(O[C@@](C)(F)C(F)(F)C(F)(F)C(F)(F)C(F)(F)C(F)(F)C(F)(F)C(F)(F)F)C(C)=O. The van der Waals surface area contributed by atoms with Crippen molar-refractivity contribution < 1.29 is 79.8 Å². The summed E-state index contributed by atoms with van der Waals surface area (Å²) in [6.07, 6.45) is -7.75. The lowest BCUT2D eigenvalue weighted by molar-refractivity contribution is -0.464. The van der Waals surface area contributed by atoms with E-state index in [1.165, 1.54) is 0 Å². The van der Waals surface area contributed by atoms with Crippen molar-refractivity contribution >= 4 is 5.78 Å². The third-order valence-electron chi connectivity index (χ3n) is 3.60. The average molecular weight is 500 g/mol. The Hall–Kier alpha value is -1.91. The van der Waals surface area contributed by atoms with Gasteiger partial charge < -0.3 is 4.74 Å². The molecule has 0 amide bonds. The van der Waals surface area contributed by atoms with Gasteiger partial charge in [0.2, 0.25) is 0 Å². The summed E-state index contributed by atoms with van der Waals surface area (Å²) < 4.78 is 212. The van der Waals surface area contributed by atoms with Gasteiger partial charge in [0.15, 0.2) is 11.5 Å². The van der Waals surface area contributed by atoms with Gasteiger partial charge >= 0.3 is 47.6 Å². The third kappa shape index (κ3) is 3.89. The van der Waals surface area contributed by atoms with E-state index in [1.54, 1.807) is 0 Å². The van der Waals surface area contributed by atoms with Crippen LogP contribution in [0.1, 0.15) is 13.8 Å². The number of carbonyl (C=O) groups excluding carboxylic acids is 1. The molecule has 0 aliphatic heterocycles. The maximum Gasteiger partial charge on any atom is 0.460 e. The van der Waals surface area contributed by atoms with Gasteiger partial charge in [0.25, 0.3) is 0 Å². The van der Waals surface area contributed by atoms with Gasteiger partial charge in [-0.25, -0.2) is 0 Å². The Labute approximate surface area is 160 Å². The fourth-order valence-corrected chi connectivity index (χ4v) is 1.61. The molecule has 1 atom stereocenters. The Morgan fingerprint density at radius 1 is 0.581 bits per heavy atom. The predicted octanol–water partition coefficient (Wildman–Crippen LogP) is 6.17. The second-order valence-corrected chi connectivity index (χ2v) is 5.94. The minimum Gasteiger partial charge on any atom is -0.449 e. The van der Waals surface area contributed by atoms with Gasteiger partial charge in [-0.3, -0.25) is 4.79 Å². The predicted molar refractivity (Wildman–Crippen MR) is 66.2 cm³/mol. The summed E-state index contributed by atoms with van der Waals surface area (Å²) >= 11 is 0. The first-order chi connectivity index (χ1) is 13.1. The molecule has 0 bridgehead atoms. The number of allylic oxidation sites excluding steroid dienone is 1. The minimum atomic E-state index is -8.56. The quantitative estimate of drug-likeness (QED) is 0.215. The lowest BCUT2D eigenvalue weighted by atomic mass is 9.89. The van der Waals surface area contributed by atoms with Crippen LogP contribution >= 0.6 is 0 Å². The zero-order valence-corrected chi connectivity index (χ0v) is 14.6. The molecule has 2 nitrogen and oxygen atoms in total. The normalized spacial score (nSPS) is 17.2. The topological polar surface area (TPSA) is 26.3 Å². The first-order valence-electron chi connectivity index (χ1n) is 6.99. The lowest BCUT2D eigenvalue weighted by Crippen LogP contribution is -2.74. The molecule has 0 saturated carbocycles. The fourth-order valence-electron chi connectivity index (χ4n) is 1.61. The number of rotatable bonds is 9. The summed E-state index contributed by atoms with van der Waals surface area (Å²) in [5, 5.41) is 0. The highest BCUT2D eigenvalue weighted by Gasteiger charge is 2.95. The van der Waals surface area contributed by atoms with E-state index in [-0.39, 0.29) is 0 Å². The zero-order valence-electron chi connectivity index (χ0n) is 14.6. The van der Waals surface area contributed by atoms with E-state index in [9.17, 15) is 75.0 Å². The number of carbonyl (C=O) groups is 1. The van der Waals surface area contributed by atoms with Crippen molar-refractivity contribution in [3.05, 3.63) is 12.3 Å². The standard InChI is InChI=1S/C13H8F16O2/c1-4(30)5(2)31-6(3,14)7(15,16)8(17,18)9(19,20)10(21,22)11(23,24)12(25,26)13(27,28)29/h2H2,1,3H3/t6-/m1/s1. The van der Waals surface area contributed by atoms with E-state index < -0.39 is 66.0 Å². The van der Waals surface area contributed by atoms with Gasteiger partial charge in [-0.05, 0) is 0 Å². The second-order valence-electron chi connectivity index (χ2n) is 5.94. The van der Waals surface area contributed by atoms with Crippen LogP contribution in [0.5, 0.6) is 0 Å². The number of ether oxygens (including phenoxy) is 1. The molecule has 0 aliphatic carbocycles. The molecule has 0 aromatic carbocycles. The summed E-state index contributed by atoms with van der Waals surface area (Å²) in [4.78, 5) is 10.7. The van der Waals surface area contributed by atoms with E-state index in [4.69, 9.17) is 0 Å². The second kappa shape index (κ2) is 7.31. The molecule has 0 aromatic heterocycles. The number of ketones is 1. The highest BCUT2D eigenvalue weighted by atomic mass is 19.4. The van der Waals surface area contributed by atoms with Crippen LogP contribution in [0.4, 0.5) is 70.2 Å². The molecule has 18 heteroatoms. The number of halogens is 16. The van der Waals surface area contributed by atoms with E-state index in [0.29, 0.717) is 6.92 Å².